The Morgan fingerprint density at radius 3 is 1.67 bits per heavy atom. The molecule has 0 aliphatic heterocycles. The van der Waals surface area contributed by atoms with Crippen LogP contribution in [0, 0.1) is 0 Å². The van der Waals surface area contributed by atoms with E-state index in [0.29, 0.717) is 17.0 Å². The summed E-state index contributed by atoms with van der Waals surface area (Å²) in [7, 11) is 0. The van der Waals surface area contributed by atoms with Gasteiger partial charge in [0.25, 0.3) is 0 Å². The van der Waals surface area contributed by atoms with Gasteiger partial charge in [0.2, 0.25) is 0 Å². The molecule has 0 amide bonds. The second kappa shape index (κ2) is 18.5. The Hall–Kier alpha value is -1.95. The summed E-state index contributed by atoms with van der Waals surface area (Å²) in [6.07, 6.45) is 8.87. The molecule has 0 aliphatic rings. The van der Waals surface area contributed by atoms with E-state index in [0.717, 1.165) is 5.69 Å². The van der Waals surface area contributed by atoms with E-state index in [9.17, 15) is 4.79 Å². The first-order chi connectivity index (χ1) is 16.0. The number of azo groups is 1. The van der Waals surface area contributed by atoms with Crippen LogP contribution in [0.25, 0.3) is 0 Å². The predicted molar refractivity (Wildman–Crippen MR) is 144 cm³/mol. The standard InChI is InChI=1S/C16H14N2O2.3C4H9.Sn.H/c1-12(2)16(19)20-15-10-8-14(9-11-15)18-17-13-6-4-3-5-7-13;3*1-3-4-2;;/h3-11H,1H2,2H3;3*1,3-4H2,2H3;;/b18-17+;;;;;. The van der Waals surface area contributed by atoms with Gasteiger partial charge in [0.05, 0.1) is 11.4 Å². The van der Waals surface area contributed by atoms with Crippen molar-refractivity contribution in [1.29, 1.82) is 0 Å². The Labute approximate surface area is 208 Å². The number of carbonyl (C=O) groups excluding carboxylic acids is 1. The van der Waals surface area contributed by atoms with Crippen LogP contribution in [0.15, 0.2) is 77.0 Å². The summed E-state index contributed by atoms with van der Waals surface area (Å²) in [5.41, 5.74) is 1.83. The van der Waals surface area contributed by atoms with Crippen LogP contribution >= 0.6 is 0 Å². The zero-order valence-electron chi connectivity index (χ0n) is 21.1. The number of benzene rings is 2. The summed E-state index contributed by atoms with van der Waals surface area (Å²) < 4.78 is 10.2. The van der Waals surface area contributed by atoms with Crippen molar-refractivity contribution in [3.05, 3.63) is 66.7 Å². The van der Waals surface area contributed by atoms with E-state index >= 15 is 0 Å². The number of rotatable bonds is 13. The Bertz CT molecular complexity index is 801. The molecular weight excluding hydrogens is 515 g/mol. The van der Waals surface area contributed by atoms with Gasteiger partial charge in [-0.2, -0.15) is 10.2 Å². The summed E-state index contributed by atoms with van der Waals surface area (Å²) in [5, 5.41) is 8.20. The minimum absolute atomic E-state index is 0.359. The van der Waals surface area contributed by atoms with Crippen molar-refractivity contribution in [3.63, 3.8) is 0 Å². The number of nitrogens with zero attached hydrogens (tertiary/aromatic N) is 2. The third-order valence-electron chi connectivity index (χ3n) is 5.33. The molecule has 0 atom stereocenters. The molecule has 0 radical (unpaired) electrons. The zero-order valence-corrected chi connectivity index (χ0v) is 24.4. The minimum atomic E-state index is -0.967. The van der Waals surface area contributed by atoms with Crippen LogP contribution in [0.3, 0.4) is 0 Å². The summed E-state index contributed by atoms with van der Waals surface area (Å²) >= 11 is -0.967. The van der Waals surface area contributed by atoms with Crippen LogP contribution in [0.5, 0.6) is 5.75 Å². The van der Waals surface area contributed by atoms with Gasteiger partial charge in [0.15, 0.2) is 0 Å². The molecule has 0 N–H and O–H groups in total. The molecule has 0 saturated heterocycles. The van der Waals surface area contributed by atoms with Gasteiger partial charge in [0, 0.05) is 5.57 Å². The molecule has 0 heterocycles. The van der Waals surface area contributed by atoms with Crippen molar-refractivity contribution in [2.24, 2.45) is 10.2 Å². The summed E-state index contributed by atoms with van der Waals surface area (Å²) in [6, 6.07) is 16.2. The first kappa shape index (κ1) is 29.1. The Kier molecular flexibility index (Phi) is 16.3. The van der Waals surface area contributed by atoms with Crippen LogP contribution < -0.4 is 4.74 Å². The van der Waals surface area contributed by atoms with E-state index in [1.165, 1.54) is 38.5 Å². The molecule has 0 unspecified atom stereocenters. The fourth-order valence-electron chi connectivity index (χ4n) is 3.30. The van der Waals surface area contributed by atoms with E-state index in [1.54, 1.807) is 44.5 Å². The molecule has 4 nitrogen and oxygen atoms in total. The maximum absolute atomic E-state index is 11.3. The van der Waals surface area contributed by atoms with Crippen LogP contribution in [-0.2, 0) is 4.79 Å². The predicted octanol–water partition coefficient (Wildman–Crippen LogP) is 9.20. The van der Waals surface area contributed by atoms with Crippen LogP contribution in [0.4, 0.5) is 11.4 Å². The average Bonchev–Trinajstić information content (AvgIpc) is 2.84. The number of ether oxygens (including phenoxy) is 1. The monoisotopic (exact) mass is 558 g/mol. The average molecular weight is 557 g/mol. The first-order valence-corrected chi connectivity index (χ1v) is 19.4. The molecule has 0 spiro atoms. The van der Waals surface area contributed by atoms with Gasteiger partial charge in [-0.25, -0.2) is 4.79 Å². The first-order valence-electron chi connectivity index (χ1n) is 12.4. The van der Waals surface area contributed by atoms with Gasteiger partial charge < -0.3 is 4.74 Å². The fourth-order valence-corrected chi connectivity index (χ4v) is 14.2. The molecular formula is C28H42N2O2Sn. The van der Waals surface area contributed by atoms with Gasteiger partial charge in [-0.3, -0.25) is 0 Å². The molecule has 0 fully saturated rings. The quantitative estimate of drug-likeness (QED) is 0.0811. The van der Waals surface area contributed by atoms with Crippen molar-refractivity contribution >= 4 is 37.1 Å². The topological polar surface area (TPSA) is 51.0 Å². The van der Waals surface area contributed by atoms with E-state index in [4.69, 9.17) is 4.74 Å². The second-order valence-corrected chi connectivity index (χ2v) is 18.4. The van der Waals surface area contributed by atoms with Crippen molar-refractivity contribution in [3.8, 4) is 5.75 Å². The number of carbonyl (C=O) groups is 1. The third-order valence-corrected chi connectivity index (χ3v) is 15.8. The SMILES string of the molecule is C=C(C)C(=O)Oc1ccc(/N=N/c2ccccc2)cc1.CCC[CH2][SnH]([CH2]CCC)[CH2]CCC. The molecule has 180 valence electrons. The van der Waals surface area contributed by atoms with Crippen LogP contribution in [0.1, 0.15) is 66.2 Å². The summed E-state index contributed by atoms with van der Waals surface area (Å²) in [4.78, 5) is 11.3. The Balaban J connectivity index is 0.000000366. The molecule has 0 aromatic heterocycles. The number of esters is 1. The molecule has 0 bridgehead atoms. The molecule has 2 rings (SSSR count). The van der Waals surface area contributed by atoms with Crippen LogP contribution in [-0.4, -0.2) is 25.7 Å². The fraction of sp³-hybridized carbons (Fsp3) is 0.464. The van der Waals surface area contributed by atoms with Gasteiger partial charge in [-0.1, -0.05) is 24.8 Å². The third kappa shape index (κ3) is 14.0. The Morgan fingerprint density at radius 1 is 0.788 bits per heavy atom. The molecule has 2 aromatic rings. The van der Waals surface area contributed by atoms with Gasteiger partial charge in [0.1, 0.15) is 5.75 Å². The van der Waals surface area contributed by atoms with E-state index in [2.05, 4.69) is 37.6 Å². The van der Waals surface area contributed by atoms with Crippen LogP contribution in [0.2, 0.25) is 13.3 Å². The molecule has 0 saturated carbocycles. The molecule has 33 heavy (non-hydrogen) atoms. The van der Waals surface area contributed by atoms with Crippen molar-refractivity contribution in [2.45, 2.75) is 79.5 Å². The normalized spacial score (nSPS) is 10.7. The molecule has 5 heteroatoms. The van der Waals surface area contributed by atoms with Crippen molar-refractivity contribution < 1.29 is 9.53 Å². The second-order valence-electron chi connectivity index (χ2n) is 8.49. The van der Waals surface area contributed by atoms with Crippen molar-refractivity contribution in [2.75, 3.05) is 0 Å². The van der Waals surface area contributed by atoms with Gasteiger partial charge >= 0.3 is 98.3 Å². The van der Waals surface area contributed by atoms with Gasteiger partial charge in [-0.15, -0.1) is 0 Å². The number of hydrogen-bond donors (Lipinski definition) is 0. The van der Waals surface area contributed by atoms with Crippen molar-refractivity contribution in [1.82, 2.24) is 0 Å². The summed E-state index contributed by atoms with van der Waals surface area (Å²) in [5.74, 6) is 0.0142. The van der Waals surface area contributed by atoms with E-state index in [1.807, 2.05) is 30.3 Å². The van der Waals surface area contributed by atoms with Gasteiger partial charge in [-0.05, 0) is 43.3 Å². The summed E-state index contributed by atoms with van der Waals surface area (Å²) in [6.45, 7) is 12.1. The van der Waals surface area contributed by atoms with E-state index in [-0.39, 0.29) is 0 Å². The molecule has 0 aliphatic carbocycles. The zero-order chi connectivity index (χ0) is 24.3. The number of hydrogen-bond acceptors (Lipinski definition) is 4. The number of unbranched alkanes of at least 4 members (excludes halogenated alkanes) is 3. The maximum atomic E-state index is 11.3. The molecule has 2 aromatic carbocycles. The Morgan fingerprint density at radius 2 is 1.24 bits per heavy atom. The van der Waals surface area contributed by atoms with E-state index < -0.39 is 25.7 Å².